The number of amides is 3. The monoisotopic (exact) mass is 661 g/mol. The molecule has 1 saturated heterocycles. The minimum atomic E-state index is -1.44. The number of aromatic nitrogens is 4. The summed E-state index contributed by atoms with van der Waals surface area (Å²) >= 11 is 12.2. The van der Waals surface area contributed by atoms with E-state index in [9.17, 15) is 24.3 Å². The Balaban J connectivity index is 1.45. The molecular formula is C30H37Cl2N7O6. The molecule has 1 aliphatic carbocycles. The largest absolute Gasteiger partial charge is 0.479 e. The summed E-state index contributed by atoms with van der Waals surface area (Å²) < 4.78 is 5.43. The van der Waals surface area contributed by atoms with E-state index in [1.807, 2.05) is 12.2 Å². The standard InChI is InChI=1S/C30H37Cl2N7O6/c1-29(2,3)45-28(44)33-22-10-8-6-4-5-7-9-18-15-30(18,27(42)43)34-25(40)23-14-19(16-38(23)26(22)41)39-36-24(35-37-39)17-11-12-20(31)21(32)13-17/h7,9,11-13,18-19,22-23H,4-6,8,10,14-16H2,1-3H3,(H,33,44)(H,34,40)(H,42,43)/t18-,19+,22-,23+,30+/m1/s1. The number of carbonyl (C=O) groups excluding carboxylic acids is 3. The molecule has 0 unspecified atom stereocenters. The lowest BCUT2D eigenvalue weighted by Crippen LogP contribution is -2.56. The van der Waals surface area contributed by atoms with Crippen LogP contribution >= 0.6 is 23.2 Å². The highest BCUT2D eigenvalue weighted by Crippen LogP contribution is 2.45. The second-order valence-electron chi connectivity index (χ2n) is 12.8. The molecule has 15 heteroatoms. The van der Waals surface area contributed by atoms with Crippen LogP contribution in [0.4, 0.5) is 4.79 Å². The third-order valence-electron chi connectivity index (χ3n) is 8.26. The van der Waals surface area contributed by atoms with Gasteiger partial charge in [0.2, 0.25) is 17.6 Å². The quantitative estimate of drug-likeness (QED) is 0.407. The molecule has 5 rings (SSSR count). The predicted molar refractivity (Wildman–Crippen MR) is 164 cm³/mol. The van der Waals surface area contributed by atoms with Crippen LogP contribution in [0.15, 0.2) is 30.4 Å². The van der Waals surface area contributed by atoms with Crippen molar-refractivity contribution in [3.63, 3.8) is 0 Å². The number of hydrogen-bond donors (Lipinski definition) is 3. The van der Waals surface area contributed by atoms with Crippen LogP contribution in [0.3, 0.4) is 0 Å². The second-order valence-corrected chi connectivity index (χ2v) is 13.6. The summed E-state index contributed by atoms with van der Waals surface area (Å²) in [6.07, 6.45) is 6.76. The SMILES string of the molecule is CC(C)(C)OC(=O)N[C@@H]1CCCCCC=C[C@@H]2C[C@]2(C(=O)O)NC(=O)[C@@H]2C[C@H](n3nnc(-c4ccc(Cl)c(Cl)c4)n3)CN2C1=O. The van der Waals surface area contributed by atoms with Gasteiger partial charge in [-0.3, -0.25) is 9.59 Å². The lowest BCUT2D eigenvalue weighted by molar-refractivity contribution is -0.145. The van der Waals surface area contributed by atoms with E-state index in [2.05, 4.69) is 26.0 Å². The van der Waals surface area contributed by atoms with Crippen LogP contribution in [-0.4, -0.2) is 83.9 Å². The van der Waals surface area contributed by atoms with Crippen molar-refractivity contribution in [2.24, 2.45) is 5.92 Å². The molecule has 1 aromatic heterocycles. The Morgan fingerprint density at radius 3 is 2.64 bits per heavy atom. The Morgan fingerprint density at radius 1 is 1.16 bits per heavy atom. The number of alkyl carbamates (subject to hydrolysis) is 1. The predicted octanol–water partition coefficient (Wildman–Crippen LogP) is 4.16. The summed E-state index contributed by atoms with van der Waals surface area (Å²) in [4.78, 5) is 55.8. The van der Waals surface area contributed by atoms with Crippen molar-refractivity contribution in [1.29, 1.82) is 0 Å². The Bertz CT molecular complexity index is 1510. The van der Waals surface area contributed by atoms with Gasteiger partial charge in [-0.05, 0) is 69.9 Å². The van der Waals surface area contributed by atoms with E-state index in [1.165, 1.54) is 9.70 Å². The maximum Gasteiger partial charge on any atom is 0.408 e. The van der Waals surface area contributed by atoms with Crippen LogP contribution in [0.1, 0.15) is 71.8 Å². The van der Waals surface area contributed by atoms with Gasteiger partial charge in [-0.1, -0.05) is 48.2 Å². The molecule has 5 atom stereocenters. The number of tetrazole rings is 1. The molecular weight excluding hydrogens is 625 g/mol. The molecule has 3 N–H and O–H groups in total. The zero-order chi connectivity index (χ0) is 32.5. The zero-order valence-electron chi connectivity index (χ0n) is 25.3. The Kier molecular flexibility index (Phi) is 9.41. The van der Waals surface area contributed by atoms with E-state index >= 15 is 0 Å². The molecule has 2 aliphatic heterocycles. The fourth-order valence-corrected chi connectivity index (χ4v) is 6.12. The van der Waals surface area contributed by atoms with Crippen LogP contribution in [0.2, 0.25) is 10.0 Å². The number of carboxylic acid groups (broad SMARTS) is 1. The number of nitrogens with zero attached hydrogens (tertiary/aromatic N) is 5. The minimum Gasteiger partial charge on any atom is -0.479 e. The van der Waals surface area contributed by atoms with E-state index in [4.69, 9.17) is 27.9 Å². The van der Waals surface area contributed by atoms with Crippen molar-refractivity contribution in [2.45, 2.75) is 95.0 Å². The van der Waals surface area contributed by atoms with Gasteiger partial charge in [0.1, 0.15) is 23.2 Å². The minimum absolute atomic E-state index is 0.0317. The number of carboxylic acids is 1. The average Bonchev–Trinajstić information content (AvgIpc) is 3.28. The topological polar surface area (TPSA) is 169 Å². The number of benzene rings is 1. The van der Waals surface area contributed by atoms with Crippen molar-refractivity contribution in [3.05, 3.63) is 40.4 Å². The first kappa shape index (κ1) is 32.7. The average molecular weight is 663 g/mol. The molecule has 3 aliphatic rings. The number of fused-ring (bicyclic) bond motifs is 2. The normalized spacial score (nSPS) is 27.4. The highest BCUT2D eigenvalue weighted by atomic mass is 35.5. The molecule has 242 valence electrons. The number of allylic oxidation sites excluding steroid dienone is 1. The van der Waals surface area contributed by atoms with Crippen molar-refractivity contribution in [2.75, 3.05) is 6.54 Å². The summed E-state index contributed by atoms with van der Waals surface area (Å²) in [7, 11) is 0. The number of aliphatic carboxylic acids is 1. The Hall–Kier alpha value is -3.71. The summed E-state index contributed by atoms with van der Waals surface area (Å²) in [5.74, 6) is -2.28. The first-order valence-electron chi connectivity index (χ1n) is 15.0. The van der Waals surface area contributed by atoms with Gasteiger partial charge in [0, 0.05) is 24.4 Å². The summed E-state index contributed by atoms with van der Waals surface area (Å²) in [5.41, 5.74) is -1.64. The molecule has 0 bridgehead atoms. The molecule has 3 amide bonds. The van der Waals surface area contributed by atoms with E-state index in [1.54, 1.807) is 39.0 Å². The second kappa shape index (κ2) is 13.0. The van der Waals surface area contributed by atoms with Crippen LogP contribution in [-0.2, 0) is 19.1 Å². The molecule has 45 heavy (non-hydrogen) atoms. The van der Waals surface area contributed by atoms with Gasteiger partial charge >= 0.3 is 12.1 Å². The van der Waals surface area contributed by atoms with Crippen LogP contribution in [0.5, 0.6) is 0 Å². The lowest BCUT2D eigenvalue weighted by Gasteiger charge is -2.30. The summed E-state index contributed by atoms with van der Waals surface area (Å²) in [5, 5.41) is 29.0. The summed E-state index contributed by atoms with van der Waals surface area (Å²) in [6.45, 7) is 5.21. The molecule has 1 aromatic carbocycles. The molecule has 2 fully saturated rings. The van der Waals surface area contributed by atoms with Crippen molar-refractivity contribution >= 4 is 47.1 Å². The van der Waals surface area contributed by atoms with E-state index in [0.717, 1.165) is 19.3 Å². The zero-order valence-corrected chi connectivity index (χ0v) is 26.8. The molecule has 1 saturated carbocycles. The molecule has 2 aromatic rings. The third-order valence-corrected chi connectivity index (χ3v) is 9.00. The van der Waals surface area contributed by atoms with Crippen LogP contribution < -0.4 is 10.6 Å². The molecule has 0 radical (unpaired) electrons. The van der Waals surface area contributed by atoms with E-state index in [0.29, 0.717) is 28.5 Å². The number of halogens is 2. The van der Waals surface area contributed by atoms with Gasteiger partial charge in [-0.25, -0.2) is 9.59 Å². The van der Waals surface area contributed by atoms with Crippen LogP contribution in [0.25, 0.3) is 11.4 Å². The number of carbonyl (C=O) groups is 4. The fraction of sp³-hybridized carbons (Fsp3) is 0.567. The first-order valence-corrected chi connectivity index (χ1v) is 15.8. The Morgan fingerprint density at radius 2 is 1.93 bits per heavy atom. The lowest BCUT2D eigenvalue weighted by atomic mass is 10.0. The highest BCUT2D eigenvalue weighted by Gasteiger charge is 2.61. The Labute approximate surface area is 270 Å². The van der Waals surface area contributed by atoms with Crippen molar-refractivity contribution < 1.29 is 29.0 Å². The number of rotatable bonds is 4. The fourth-order valence-electron chi connectivity index (χ4n) is 5.83. The molecule has 3 heterocycles. The van der Waals surface area contributed by atoms with E-state index in [-0.39, 0.29) is 31.1 Å². The van der Waals surface area contributed by atoms with Gasteiger partial charge in [0.05, 0.1) is 16.1 Å². The van der Waals surface area contributed by atoms with Gasteiger partial charge in [0.25, 0.3) is 0 Å². The van der Waals surface area contributed by atoms with Crippen LogP contribution in [0, 0.1) is 5.92 Å². The number of nitrogens with one attached hydrogen (secondary N) is 2. The maximum absolute atomic E-state index is 14.1. The highest BCUT2D eigenvalue weighted by molar-refractivity contribution is 6.42. The van der Waals surface area contributed by atoms with Gasteiger partial charge in [0.15, 0.2) is 0 Å². The van der Waals surface area contributed by atoms with Crippen molar-refractivity contribution in [3.8, 4) is 11.4 Å². The van der Waals surface area contributed by atoms with E-state index < -0.39 is 53.1 Å². The smallest absolute Gasteiger partial charge is 0.408 e. The number of ether oxygens (including phenoxy) is 1. The van der Waals surface area contributed by atoms with Gasteiger partial charge in [-0.15, -0.1) is 10.2 Å². The van der Waals surface area contributed by atoms with Crippen molar-refractivity contribution in [1.82, 2.24) is 35.7 Å². The first-order chi connectivity index (χ1) is 21.3. The van der Waals surface area contributed by atoms with Gasteiger partial charge < -0.3 is 25.4 Å². The maximum atomic E-state index is 14.1. The molecule has 0 spiro atoms. The third kappa shape index (κ3) is 7.41. The number of hydrogen-bond acceptors (Lipinski definition) is 8. The summed E-state index contributed by atoms with van der Waals surface area (Å²) in [6, 6.07) is 2.35. The van der Waals surface area contributed by atoms with Gasteiger partial charge in [-0.2, -0.15) is 4.80 Å². The molecule has 13 nitrogen and oxygen atoms in total.